The van der Waals surface area contributed by atoms with Gasteiger partial charge in [0.2, 0.25) is 0 Å². The van der Waals surface area contributed by atoms with Crippen molar-refractivity contribution in [1.82, 2.24) is 4.98 Å². The van der Waals surface area contributed by atoms with Crippen molar-refractivity contribution >= 4 is 16.5 Å². The van der Waals surface area contributed by atoms with Gasteiger partial charge in [0, 0.05) is 10.8 Å². The Morgan fingerprint density at radius 3 is 1.88 bits per heavy atom. The van der Waals surface area contributed by atoms with Gasteiger partial charge in [-0.3, -0.25) is 0 Å². The van der Waals surface area contributed by atoms with Crippen LogP contribution in [0.25, 0.3) is 0 Å². The molecule has 148 valence electrons. The van der Waals surface area contributed by atoms with E-state index in [-0.39, 0.29) is 0 Å². The van der Waals surface area contributed by atoms with E-state index in [2.05, 4.69) is 41.5 Å². The van der Waals surface area contributed by atoms with Gasteiger partial charge >= 0.3 is 0 Å². The van der Waals surface area contributed by atoms with Crippen LogP contribution in [0.1, 0.15) is 102 Å². The first kappa shape index (κ1) is 20.2. The maximum atomic E-state index is 6.31. The third-order valence-corrected chi connectivity index (χ3v) is 8.46. The Morgan fingerprint density at radius 2 is 1.35 bits per heavy atom. The fraction of sp³-hybridized carbons (Fsp3) is 0.870. The SMILES string of the molecule is CC1CCC(C(C)C)C(c2nc(N)sc2C2CC(C)CCC2C(C)C)C1. The zero-order valence-electron chi connectivity index (χ0n) is 17.8. The van der Waals surface area contributed by atoms with E-state index in [9.17, 15) is 0 Å². The van der Waals surface area contributed by atoms with Gasteiger partial charge in [-0.2, -0.15) is 0 Å². The van der Waals surface area contributed by atoms with Crippen LogP contribution in [0.5, 0.6) is 0 Å². The molecule has 1 heterocycles. The van der Waals surface area contributed by atoms with Gasteiger partial charge in [0.05, 0.1) is 5.69 Å². The standard InChI is InChI=1S/C23H40N2S/c1-13(2)17-9-7-15(5)11-19(17)21-22(26-23(24)25-21)20-12-16(6)8-10-18(20)14(3)4/h13-20H,7-12H2,1-6H3,(H2,24,25). The lowest BCUT2D eigenvalue weighted by Gasteiger charge is -2.40. The van der Waals surface area contributed by atoms with Crippen LogP contribution in [0, 0.1) is 35.5 Å². The minimum Gasteiger partial charge on any atom is -0.375 e. The van der Waals surface area contributed by atoms with Crippen LogP contribution in [0.2, 0.25) is 0 Å². The second-order valence-electron chi connectivity index (χ2n) is 10.2. The predicted octanol–water partition coefficient (Wildman–Crippen LogP) is 7.08. The van der Waals surface area contributed by atoms with Crippen LogP contribution in [0.15, 0.2) is 0 Å². The quantitative estimate of drug-likeness (QED) is 0.610. The average molecular weight is 377 g/mol. The number of hydrogen-bond acceptors (Lipinski definition) is 3. The van der Waals surface area contributed by atoms with E-state index in [0.29, 0.717) is 11.8 Å². The molecule has 2 aliphatic rings. The molecule has 6 atom stereocenters. The summed E-state index contributed by atoms with van der Waals surface area (Å²) in [6, 6.07) is 0. The Bertz CT molecular complexity index is 542. The lowest BCUT2D eigenvalue weighted by Crippen LogP contribution is -2.30. The Morgan fingerprint density at radius 1 is 0.846 bits per heavy atom. The number of thiazole rings is 1. The van der Waals surface area contributed by atoms with Gasteiger partial charge in [0.1, 0.15) is 0 Å². The van der Waals surface area contributed by atoms with Gasteiger partial charge in [-0.05, 0) is 67.1 Å². The number of nitrogens with zero attached hydrogens (tertiary/aromatic N) is 1. The van der Waals surface area contributed by atoms with Crippen molar-refractivity contribution in [1.29, 1.82) is 0 Å². The highest BCUT2D eigenvalue weighted by Gasteiger charge is 2.39. The van der Waals surface area contributed by atoms with E-state index < -0.39 is 0 Å². The van der Waals surface area contributed by atoms with Crippen molar-refractivity contribution in [2.45, 2.75) is 91.9 Å². The molecule has 6 unspecified atom stereocenters. The number of rotatable bonds is 4. The van der Waals surface area contributed by atoms with E-state index in [4.69, 9.17) is 10.7 Å². The van der Waals surface area contributed by atoms with Crippen LogP contribution < -0.4 is 5.73 Å². The van der Waals surface area contributed by atoms with Crippen molar-refractivity contribution < 1.29 is 0 Å². The van der Waals surface area contributed by atoms with Crippen LogP contribution in [-0.2, 0) is 0 Å². The Balaban J connectivity index is 1.98. The molecule has 3 rings (SSSR count). The number of hydrogen-bond donors (Lipinski definition) is 1. The van der Waals surface area contributed by atoms with Gasteiger partial charge in [-0.1, -0.05) is 54.4 Å². The predicted molar refractivity (Wildman–Crippen MR) is 115 cm³/mol. The zero-order chi connectivity index (χ0) is 19.0. The molecule has 3 heteroatoms. The number of anilines is 1. The summed E-state index contributed by atoms with van der Waals surface area (Å²) in [7, 11) is 0. The molecule has 0 bridgehead atoms. The first-order valence-electron chi connectivity index (χ1n) is 11.0. The summed E-state index contributed by atoms with van der Waals surface area (Å²) in [4.78, 5) is 6.56. The molecular weight excluding hydrogens is 336 g/mol. The Kier molecular flexibility index (Phi) is 6.37. The topological polar surface area (TPSA) is 38.9 Å². The van der Waals surface area contributed by atoms with E-state index in [0.717, 1.165) is 40.6 Å². The summed E-state index contributed by atoms with van der Waals surface area (Å²) in [6.45, 7) is 14.5. The third kappa shape index (κ3) is 4.13. The molecule has 1 aromatic heterocycles. The fourth-order valence-corrected chi connectivity index (χ4v) is 7.01. The summed E-state index contributed by atoms with van der Waals surface area (Å²) >= 11 is 1.82. The molecule has 2 aliphatic carbocycles. The first-order valence-corrected chi connectivity index (χ1v) is 11.9. The van der Waals surface area contributed by atoms with Crippen molar-refractivity contribution in [3.63, 3.8) is 0 Å². The third-order valence-electron chi connectivity index (χ3n) is 7.43. The molecule has 26 heavy (non-hydrogen) atoms. The monoisotopic (exact) mass is 376 g/mol. The van der Waals surface area contributed by atoms with Crippen molar-refractivity contribution in [2.75, 3.05) is 5.73 Å². The normalized spacial score (nSPS) is 36.0. The maximum Gasteiger partial charge on any atom is 0.180 e. The van der Waals surface area contributed by atoms with Crippen molar-refractivity contribution in [3.8, 4) is 0 Å². The molecule has 0 spiro atoms. The molecule has 1 aromatic rings. The van der Waals surface area contributed by atoms with E-state index in [1.807, 2.05) is 11.3 Å². The highest BCUT2D eigenvalue weighted by molar-refractivity contribution is 7.15. The Labute approximate surface area is 165 Å². The molecule has 0 aromatic carbocycles. The fourth-order valence-electron chi connectivity index (χ4n) is 5.91. The molecule has 0 aliphatic heterocycles. The summed E-state index contributed by atoms with van der Waals surface area (Å²) in [5, 5.41) is 0.802. The van der Waals surface area contributed by atoms with Crippen LogP contribution >= 0.6 is 11.3 Å². The summed E-state index contributed by atoms with van der Waals surface area (Å²) in [5.74, 6) is 5.98. The summed E-state index contributed by atoms with van der Waals surface area (Å²) < 4.78 is 0. The van der Waals surface area contributed by atoms with Gasteiger partial charge in [-0.15, -0.1) is 11.3 Å². The summed E-state index contributed by atoms with van der Waals surface area (Å²) in [5.41, 5.74) is 7.72. The van der Waals surface area contributed by atoms with E-state index >= 15 is 0 Å². The zero-order valence-corrected chi connectivity index (χ0v) is 18.6. The van der Waals surface area contributed by atoms with Gasteiger partial charge < -0.3 is 5.73 Å². The lowest BCUT2D eigenvalue weighted by atomic mass is 9.65. The van der Waals surface area contributed by atoms with E-state index in [1.54, 1.807) is 4.88 Å². The largest absolute Gasteiger partial charge is 0.375 e. The maximum absolute atomic E-state index is 6.31. The molecular formula is C23H40N2S. The van der Waals surface area contributed by atoms with Crippen molar-refractivity contribution in [2.24, 2.45) is 35.5 Å². The molecule has 0 saturated heterocycles. The van der Waals surface area contributed by atoms with Crippen LogP contribution in [-0.4, -0.2) is 4.98 Å². The molecule has 0 radical (unpaired) electrons. The minimum atomic E-state index is 0.618. The Hall–Kier alpha value is -0.570. The van der Waals surface area contributed by atoms with Crippen LogP contribution in [0.3, 0.4) is 0 Å². The van der Waals surface area contributed by atoms with E-state index in [1.165, 1.54) is 44.2 Å². The molecule has 0 amide bonds. The van der Waals surface area contributed by atoms with Gasteiger partial charge in [-0.25, -0.2) is 4.98 Å². The molecule has 2 N–H and O–H groups in total. The minimum absolute atomic E-state index is 0.618. The van der Waals surface area contributed by atoms with Crippen molar-refractivity contribution in [3.05, 3.63) is 10.6 Å². The van der Waals surface area contributed by atoms with Gasteiger partial charge in [0.15, 0.2) is 5.13 Å². The molecule has 2 fully saturated rings. The highest BCUT2D eigenvalue weighted by Crippen LogP contribution is 2.52. The van der Waals surface area contributed by atoms with Crippen LogP contribution in [0.4, 0.5) is 5.13 Å². The number of nitrogen functional groups attached to an aromatic ring is 1. The highest BCUT2D eigenvalue weighted by atomic mass is 32.1. The van der Waals surface area contributed by atoms with Gasteiger partial charge in [0.25, 0.3) is 0 Å². The smallest absolute Gasteiger partial charge is 0.180 e. The average Bonchev–Trinajstić information content (AvgIpc) is 2.95. The molecule has 2 nitrogen and oxygen atoms in total. The summed E-state index contributed by atoms with van der Waals surface area (Å²) in [6.07, 6.45) is 8.12. The second-order valence-corrected chi connectivity index (χ2v) is 11.2. The molecule has 2 saturated carbocycles. The first-order chi connectivity index (χ1) is 12.3. The number of nitrogens with two attached hydrogens (primary N) is 1. The second kappa shape index (κ2) is 8.20. The number of aromatic nitrogens is 1. The lowest BCUT2D eigenvalue weighted by molar-refractivity contribution is 0.183.